The topological polar surface area (TPSA) is 57.0 Å². The van der Waals surface area contributed by atoms with E-state index in [-0.39, 0.29) is 23.4 Å². The van der Waals surface area contributed by atoms with Gasteiger partial charge in [0, 0.05) is 29.3 Å². The second-order valence-electron chi connectivity index (χ2n) is 8.73. The molecule has 170 valence electrons. The number of carbonyl (C=O) groups excluding carboxylic acids is 1. The van der Waals surface area contributed by atoms with Crippen LogP contribution in [0.4, 0.5) is 8.78 Å². The number of fused-ring (bicyclic) bond motifs is 3. The Morgan fingerprint density at radius 3 is 2.58 bits per heavy atom. The highest BCUT2D eigenvalue weighted by atomic mass is 19.3. The van der Waals surface area contributed by atoms with Crippen LogP contribution in [0.5, 0.6) is 0 Å². The van der Waals surface area contributed by atoms with E-state index in [0.29, 0.717) is 42.5 Å². The number of carbonyl (C=O) groups is 1. The highest BCUT2D eigenvalue weighted by molar-refractivity contribution is 6.03. The van der Waals surface area contributed by atoms with Crippen molar-refractivity contribution in [3.8, 4) is 0 Å². The summed E-state index contributed by atoms with van der Waals surface area (Å²) in [5, 5.41) is 1.82. The van der Waals surface area contributed by atoms with Gasteiger partial charge in [0.15, 0.2) is 0 Å². The minimum atomic E-state index is -3.06. The SMILES string of the molecule is COC(=O)[C@H]1CC[C@H](c2nc3c4cnccc4ccc3n2CC(F)(F)c2ccccc2)CC1. The van der Waals surface area contributed by atoms with Crippen molar-refractivity contribution in [1.82, 2.24) is 14.5 Å². The quantitative estimate of drug-likeness (QED) is 0.360. The molecule has 1 aliphatic carbocycles. The average molecular weight is 450 g/mol. The first kappa shape index (κ1) is 21.5. The van der Waals surface area contributed by atoms with E-state index in [4.69, 9.17) is 9.72 Å². The Balaban J connectivity index is 1.59. The summed E-state index contributed by atoms with van der Waals surface area (Å²) >= 11 is 0. The van der Waals surface area contributed by atoms with Gasteiger partial charge in [-0.05, 0) is 43.2 Å². The smallest absolute Gasteiger partial charge is 0.308 e. The number of hydrogen-bond donors (Lipinski definition) is 0. The number of ether oxygens (including phenoxy) is 1. The van der Waals surface area contributed by atoms with Crippen molar-refractivity contribution in [3.05, 3.63) is 72.3 Å². The highest BCUT2D eigenvalue weighted by Crippen LogP contribution is 2.40. The molecule has 2 aromatic carbocycles. The first-order chi connectivity index (χ1) is 16.0. The summed E-state index contributed by atoms with van der Waals surface area (Å²) in [7, 11) is 1.40. The van der Waals surface area contributed by atoms with E-state index in [0.717, 1.165) is 10.8 Å². The van der Waals surface area contributed by atoms with Crippen LogP contribution in [-0.4, -0.2) is 27.6 Å². The summed E-state index contributed by atoms with van der Waals surface area (Å²) in [4.78, 5) is 21.1. The van der Waals surface area contributed by atoms with Gasteiger partial charge in [-0.1, -0.05) is 36.4 Å². The van der Waals surface area contributed by atoms with Crippen molar-refractivity contribution in [3.63, 3.8) is 0 Å². The van der Waals surface area contributed by atoms with Crippen molar-refractivity contribution in [2.24, 2.45) is 5.92 Å². The summed E-state index contributed by atoms with van der Waals surface area (Å²) in [6, 6.07) is 13.6. The molecular weight excluding hydrogens is 424 g/mol. The van der Waals surface area contributed by atoms with E-state index >= 15 is 8.78 Å². The van der Waals surface area contributed by atoms with Gasteiger partial charge in [-0.2, -0.15) is 8.78 Å². The number of halogens is 2. The first-order valence-corrected chi connectivity index (χ1v) is 11.2. The Bertz CT molecular complexity index is 1300. The van der Waals surface area contributed by atoms with Crippen LogP contribution < -0.4 is 0 Å². The first-order valence-electron chi connectivity index (χ1n) is 11.2. The minimum absolute atomic E-state index is 0.00315. The maximum atomic E-state index is 15.4. The monoisotopic (exact) mass is 449 g/mol. The van der Waals surface area contributed by atoms with E-state index in [1.807, 2.05) is 18.2 Å². The number of pyridine rings is 1. The lowest BCUT2D eigenvalue weighted by Gasteiger charge is -2.28. The number of rotatable bonds is 5. The number of methoxy groups -OCH3 is 1. The van der Waals surface area contributed by atoms with Gasteiger partial charge in [-0.25, -0.2) is 4.98 Å². The Kier molecular flexibility index (Phi) is 5.56. The zero-order chi connectivity index (χ0) is 23.0. The summed E-state index contributed by atoms with van der Waals surface area (Å²) in [5.74, 6) is -2.75. The molecule has 7 heteroatoms. The molecule has 0 unspecified atom stereocenters. The summed E-state index contributed by atoms with van der Waals surface area (Å²) in [5.41, 5.74) is 1.35. The fourth-order valence-corrected chi connectivity index (χ4v) is 4.97. The third-order valence-corrected chi connectivity index (χ3v) is 6.75. The highest BCUT2D eigenvalue weighted by Gasteiger charge is 2.36. The molecule has 2 aromatic heterocycles. The van der Waals surface area contributed by atoms with Gasteiger partial charge < -0.3 is 9.30 Å². The molecule has 5 nitrogen and oxygen atoms in total. The van der Waals surface area contributed by atoms with E-state index in [1.54, 1.807) is 35.2 Å². The van der Waals surface area contributed by atoms with Gasteiger partial charge in [0.1, 0.15) is 5.82 Å². The van der Waals surface area contributed by atoms with E-state index in [2.05, 4.69) is 4.98 Å². The number of nitrogens with zero attached hydrogens (tertiary/aromatic N) is 3. The standard InChI is InChI=1S/C26H25F2N3O2/c1-33-25(32)19-9-7-18(8-10-19)24-30-23-21-15-29-14-13-17(21)11-12-22(23)31(24)16-26(27,28)20-5-3-2-4-6-20/h2-6,11-15,18-19H,7-10,16H2,1H3/t18-,19-. The van der Waals surface area contributed by atoms with Crippen LogP contribution in [0.15, 0.2) is 60.9 Å². The maximum Gasteiger partial charge on any atom is 0.308 e. The van der Waals surface area contributed by atoms with E-state index < -0.39 is 12.5 Å². The Hall–Kier alpha value is -3.35. The van der Waals surface area contributed by atoms with Gasteiger partial charge in [-0.15, -0.1) is 0 Å². The van der Waals surface area contributed by atoms with Crippen LogP contribution in [0.2, 0.25) is 0 Å². The molecule has 0 N–H and O–H groups in total. The average Bonchev–Trinajstić information content (AvgIpc) is 3.22. The fraction of sp³-hybridized carbons (Fsp3) is 0.346. The molecule has 0 aliphatic heterocycles. The van der Waals surface area contributed by atoms with E-state index in [9.17, 15) is 4.79 Å². The molecule has 4 aromatic rings. The van der Waals surface area contributed by atoms with Crippen molar-refractivity contribution in [2.75, 3.05) is 7.11 Å². The lowest BCUT2D eigenvalue weighted by molar-refractivity contribution is -0.146. The third kappa shape index (κ3) is 3.96. The van der Waals surface area contributed by atoms with E-state index in [1.165, 1.54) is 19.2 Å². The van der Waals surface area contributed by atoms with Crippen LogP contribution in [0.1, 0.15) is 43.0 Å². The Morgan fingerprint density at radius 1 is 1.09 bits per heavy atom. The number of benzene rings is 2. The van der Waals surface area contributed by atoms with Gasteiger partial charge in [0.2, 0.25) is 0 Å². The van der Waals surface area contributed by atoms with Crippen LogP contribution in [0, 0.1) is 5.92 Å². The number of esters is 1. The molecule has 0 bridgehead atoms. The molecule has 1 aliphatic rings. The predicted octanol–water partition coefficient (Wildman–Crippen LogP) is 5.82. The van der Waals surface area contributed by atoms with Gasteiger partial charge in [-0.3, -0.25) is 9.78 Å². The zero-order valence-corrected chi connectivity index (χ0v) is 18.4. The maximum absolute atomic E-state index is 15.4. The molecule has 1 fully saturated rings. The normalized spacial score (nSPS) is 19.1. The lowest BCUT2D eigenvalue weighted by Crippen LogP contribution is -2.26. The van der Waals surface area contributed by atoms with Gasteiger partial charge >= 0.3 is 5.97 Å². The van der Waals surface area contributed by atoms with Crippen molar-refractivity contribution < 1.29 is 18.3 Å². The number of imidazole rings is 1. The van der Waals surface area contributed by atoms with Crippen molar-refractivity contribution in [2.45, 2.75) is 44.1 Å². The molecule has 1 saturated carbocycles. The molecule has 0 amide bonds. The minimum Gasteiger partial charge on any atom is -0.469 e. The van der Waals surface area contributed by atoms with Gasteiger partial charge in [0.05, 0.1) is 30.6 Å². The Morgan fingerprint density at radius 2 is 1.85 bits per heavy atom. The number of hydrogen-bond acceptors (Lipinski definition) is 4. The van der Waals surface area contributed by atoms with Crippen LogP contribution in [0.25, 0.3) is 21.8 Å². The molecular formula is C26H25F2N3O2. The Labute approximate surface area is 190 Å². The van der Waals surface area contributed by atoms with Crippen LogP contribution in [-0.2, 0) is 22.0 Å². The molecule has 2 heterocycles. The van der Waals surface area contributed by atoms with Crippen LogP contribution in [0.3, 0.4) is 0 Å². The zero-order valence-electron chi connectivity index (χ0n) is 18.4. The molecule has 5 rings (SSSR count). The summed E-state index contributed by atoms with van der Waals surface area (Å²) in [6.07, 6.45) is 6.19. The van der Waals surface area contributed by atoms with Crippen molar-refractivity contribution >= 4 is 27.8 Å². The van der Waals surface area contributed by atoms with Crippen LogP contribution >= 0.6 is 0 Å². The second-order valence-corrected chi connectivity index (χ2v) is 8.73. The predicted molar refractivity (Wildman–Crippen MR) is 122 cm³/mol. The largest absolute Gasteiger partial charge is 0.469 e. The molecule has 0 spiro atoms. The number of aromatic nitrogens is 3. The molecule has 0 radical (unpaired) electrons. The summed E-state index contributed by atoms with van der Waals surface area (Å²) in [6.45, 7) is -0.494. The fourth-order valence-electron chi connectivity index (χ4n) is 4.97. The third-order valence-electron chi connectivity index (χ3n) is 6.75. The summed E-state index contributed by atoms with van der Waals surface area (Å²) < 4.78 is 37.4. The molecule has 0 atom stereocenters. The lowest BCUT2D eigenvalue weighted by atomic mass is 9.81. The molecule has 33 heavy (non-hydrogen) atoms. The van der Waals surface area contributed by atoms with Gasteiger partial charge in [0.25, 0.3) is 5.92 Å². The van der Waals surface area contributed by atoms with Crippen molar-refractivity contribution in [1.29, 1.82) is 0 Å². The number of alkyl halides is 2. The second kappa shape index (κ2) is 8.54. The molecule has 0 saturated heterocycles.